The zero-order chi connectivity index (χ0) is 10.9. The van der Waals surface area contributed by atoms with Gasteiger partial charge in [0.2, 0.25) is 0 Å². The lowest BCUT2D eigenvalue weighted by molar-refractivity contribution is 0.0961. The summed E-state index contributed by atoms with van der Waals surface area (Å²) in [6, 6.07) is 1.78. The van der Waals surface area contributed by atoms with Gasteiger partial charge >= 0.3 is 0 Å². The summed E-state index contributed by atoms with van der Waals surface area (Å²) in [4.78, 5) is 11.5. The van der Waals surface area contributed by atoms with Gasteiger partial charge in [0.15, 0.2) is 0 Å². The van der Waals surface area contributed by atoms with E-state index in [2.05, 4.69) is 27.9 Å². The van der Waals surface area contributed by atoms with Crippen LogP contribution in [0.1, 0.15) is 10.4 Å². The maximum Gasteiger partial charge on any atom is 0.253 e. The Morgan fingerprint density at radius 2 is 1.93 bits per heavy atom. The van der Waals surface area contributed by atoms with E-state index in [1.54, 1.807) is 13.1 Å². The molecule has 0 aliphatic rings. The average Bonchev–Trinajstić information content (AvgIpc) is 2.14. The van der Waals surface area contributed by atoms with Crippen LogP contribution in [0.4, 0.5) is 0 Å². The van der Waals surface area contributed by atoms with Gasteiger partial charge in [-0.05, 0) is 73.8 Å². The predicted molar refractivity (Wildman–Crippen MR) is 79.6 cm³/mol. The van der Waals surface area contributed by atoms with Gasteiger partial charge in [-0.25, -0.2) is 0 Å². The van der Waals surface area contributed by atoms with Crippen molar-refractivity contribution in [2.24, 2.45) is 0 Å². The van der Waals surface area contributed by atoms with Crippen LogP contribution in [-0.2, 0) is 0 Å². The molecule has 1 amide bonds. The largest absolute Gasteiger partial charge is 0.506 e. The third kappa shape index (κ3) is 2.43. The molecule has 0 saturated heterocycles. The standard InChI is InChI=1S/C8H6I3NO2/c1-12-8(14)5-3(9)2-4(10)7(13)6(5)11/h2,13H,1H3,(H,12,14). The smallest absolute Gasteiger partial charge is 0.253 e. The molecule has 0 aliphatic heterocycles. The summed E-state index contributed by atoms with van der Waals surface area (Å²) in [6.45, 7) is 0. The first kappa shape index (κ1) is 12.7. The number of carbonyl (C=O) groups excluding carboxylic acids is 1. The van der Waals surface area contributed by atoms with E-state index in [0.717, 1.165) is 7.14 Å². The second kappa shape index (κ2) is 5.14. The van der Waals surface area contributed by atoms with Crippen LogP contribution in [0.3, 0.4) is 0 Å². The number of phenolic OH excluding ortho intramolecular Hbond substituents is 1. The van der Waals surface area contributed by atoms with Crippen LogP contribution in [0, 0.1) is 10.7 Å². The third-order valence-electron chi connectivity index (χ3n) is 1.60. The summed E-state index contributed by atoms with van der Waals surface area (Å²) in [5.74, 6) is -0.00397. The second-order valence-corrected chi connectivity index (χ2v) is 5.86. The molecule has 6 heteroatoms. The Morgan fingerprint density at radius 1 is 1.36 bits per heavy atom. The zero-order valence-electron chi connectivity index (χ0n) is 7.07. The Bertz CT molecular complexity index is 393. The number of aromatic hydroxyl groups is 1. The molecular weight excluding hydrogens is 523 g/mol. The molecule has 1 aromatic carbocycles. The fraction of sp³-hybridized carbons (Fsp3) is 0.125. The monoisotopic (exact) mass is 529 g/mol. The Hall–Kier alpha value is 0.680. The van der Waals surface area contributed by atoms with Crippen molar-refractivity contribution >= 4 is 73.7 Å². The number of phenols is 1. The van der Waals surface area contributed by atoms with Crippen molar-refractivity contribution in [1.29, 1.82) is 0 Å². The molecule has 0 heterocycles. The molecule has 0 aromatic heterocycles. The topological polar surface area (TPSA) is 49.3 Å². The van der Waals surface area contributed by atoms with E-state index in [4.69, 9.17) is 0 Å². The van der Waals surface area contributed by atoms with Gasteiger partial charge < -0.3 is 10.4 Å². The van der Waals surface area contributed by atoms with Gasteiger partial charge in [0.1, 0.15) is 5.75 Å². The van der Waals surface area contributed by atoms with Crippen molar-refractivity contribution in [2.75, 3.05) is 7.05 Å². The molecule has 3 nitrogen and oxygen atoms in total. The molecule has 1 aromatic rings. The second-order valence-electron chi connectivity index (χ2n) is 2.46. The highest BCUT2D eigenvalue weighted by Crippen LogP contribution is 2.32. The van der Waals surface area contributed by atoms with Crippen LogP contribution in [0.15, 0.2) is 6.07 Å². The highest BCUT2D eigenvalue weighted by Gasteiger charge is 2.18. The number of carbonyl (C=O) groups is 1. The molecule has 0 atom stereocenters. The van der Waals surface area contributed by atoms with E-state index in [1.165, 1.54) is 0 Å². The molecule has 0 radical (unpaired) electrons. The fourth-order valence-electron chi connectivity index (χ4n) is 0.913. The van der Waals surface area contributed by atoms with Crippen LogP contribution in [0.25, 0.3) is 0 Å². The Kier molecular flexibility index (Phi) is 4.68. The summed E-state index contributed by atoms with van der Waals surface area (Å²) in [7, 11) is 1.57. The Labute approximate surface area is 122 Å². The van der Waals surface area contributed by atoms with E-state index in [9.17, 15) is 9.90 Å². The molecule has 0 fully saturated rings. The molecule has 1 rings (SSSR count). The predicted octanol–water partition coefficient (Wildman–Crippen LogP) is 2.57. The van der Waals surface area contributed by atoms with Crippen LogP contribution >= 0.6 is 67.8 Å². The van der Waals surface area contributed by atoms with Crippen molar-refractivity contribution in [1.82, 2.24) is 5.32 Å². The maximum atomic E-state index is 11.5. The summed E-state index contributed by atoms with van der Waals surface area (Å²) in [5, 5.41) is 12.2. The molecule has 76 valence electrons. The molecule has 0 spiro atoms. The van der Waals surface area contributed by atoms with Crippen LogP contribution in [-0.4, -0.2) is 18.1 Å². The highest BCUT2D eigenvalue weighted by atomic mass is 127. The number of amides is 1. The summed E-state index contributed by atoms with van der Waals surface area (Å²) >= 11 is 6.10. The van der Waals surface area contributed by atoms with E-state index >= 15 is 0 Å². The molecule has 2 N–H and O–H groups in total. The molecular formula is C8H6I3NO2. The fourth-order valence-corrected chi connectivity index (χ4v) is 4.77. The number of hydrogen-bond acceptors (Lipinski definition) is 2. The summed E-state index contributed by atoms with van der Waals surface area (Å²) in [5.41, 5.74) is 0.534. The normalized spacial score (nSPS) is 10.0. The van der Waals surface area contributed by atoms with Gasteiger partial charge in [-0.3, -0.25) is 4.79 Å². The third-order valence-corrected chi connectivity index (χ3v) is 4.32. The van der Waals surface area contributed by atoms with Crippen LogP contribution < -0.4 is 5.32 Å². The summed E-state index contributed by atoms with van der Waals surface area (Å²) in [6.07, 6.45) is 0. The van der Waals surface area contributed by atoms with E-state index in [-0.39, 0.29) is 11.7 Å². The van der Waals surface area contributed by atoms with Gasteiger partial charge in [-0.1, -0.05) is 0 Å². The Balaban J connectivity index is 3.44. The minimum Gasteiger partial charge on any atom is -0.506 e. The maximum absolute atomic E-state index is 11.5. The van der Waals surface area contributed by atoms with Crippen molar-refractivity contribution < 1.29 is 9.90 Å². The first-order valence-corrected chi connectivity index (χ1v) is 6.81. The number of benzene rings is 1. The minimum absolute atomic E-state index is 0.171. The van der Waals surface area contributed by atoms with E-state index in [0.29, 0.717) is 9.13 Å². The molecule has 0 unspecified atom stereocenters. The number of nitrogens with one attached hydrogen (secondary N) is 1. The van der Waals surface area contributed by atoms with Gasteiger partial charge in [0.05, 0.1) is 12.7 Å². The lowest BCUT2D eigenvalue weighted by atomic mass is 10.2. The SMILES string of the molecule is CNC(=O)c1c(I)cc(I)c(O)c1I. The number of rotatable bonds is 1. The van der Waals surface area contributed by atoms with Gasteiger partial charge in [0.25, 0.3) is 5.91 Å². The number of hydrogen-bond donors (Lipinski definition) is 2. The zero-order valence-corrected chi connectivity index (χ0v) is 13.5. The van der Waals surface area contributed by atoms with Crippen LogP contribution in [0.5, 0.6) is 5.75 Å². The van der Waals surface area contributed by atoms with E-state index in [1.807, 2.05) is 45.2 Å². The van der Waals surface area contributed by atoms with Crippen molar-refractivity contribution in [3.05, 3.63) is 22.3 Å². The lowest BCUT2D eigenvalue weighted by Crippen LogP contribution is -2.20. The van der Waals surface area contributed by atoms with Crippen molar-refractivity contribution in [3.63, 3.8) is 0 Å². The first-order chi connectivity index (χ1) is 6.49. The first-order valence-electron chi connectivity index (χ1n) is 3.57. The van der Waals surface area contributed by atoms with E-state index < -0.39 is 0 Å². The molecule has 0 bridgehead atoms. The average molecular weight is 529 g/mol. The van der Waals surface area contributed by atoms with Crippen molar-refractivity contribution in [3.8, 4) is 5.75 Å². The molecule has 14 heavy (non-hydrogen) atoms. The quantitative estimate of drug-likeness (QED) is 0.551. The highest BCUT2D eigenvalue weighted by molar-refractivity contribution is 14.1. The van der Waals surface area contributed by atoms with Gasteiger partial charge in [-0.2, -0.15) is 0 Å². The van der Waals surface area contributed by atoms with Crippen LogP contribution in [0.2, 0.25) is 0 Å². The van der Waals surface area contributed by atoms with Gasteiger partial charge in [0, 0.05) is 10.6 Å². The van der Waals surface area contributed by atoms with Gasteiger partial charge in [-0.15, -0.1) is 0 Å². The van der Waals surface area contributed by atoms with Crippen molar-refractivity contribution in [2.45, 2.75) is 0 Å². The summed E-state index contributed by atoms with van der Waals surface area (Å²) < 4.78 is 2.19. The lowest BCUT2D eigenvalue weighted by Gasteiger charge is -2.09. The Morgan fingerprint density at radius 3 is 2.43 bits per heavy atom. The molecule has 0 saturated carbocycles. The molecule has 0 aliphatic carbocycles. The number of halogens is 3. The minimum atomic E-state index is -0.175.